The van der Waals surface area contributed by atoms with Crippen molar-refractivity contribution in [3.05, 3.63) is 168 Å². The molecule has 278 valence electrons. The molecule has 0 saturated carbocycles. The van der Waals surface area contributed by atoms with Gasteiger partial charge in [-0.15, -0.1) is 0 Å². The predicted molar refractivity (Wildman–Crippen MR) is 236 cm³/mol. The third-order valence-electron chi connectivity index (χ3n) is 11.6. The molecule has 1 unspecified atom stereocenters. The minimum atomic E-state index is 0.159. The van der Waals surface area contributed by atoms with Crippen LogP contribution in [-0.2, 0) is 10.8 Å². The van der Waals surface area contributed by atoms with Crippen molar-refractivity contribution in [3.63, 3.8) is 0 Å². The maximum Gasteiger partial charge on any atom is 0.0464 e. The summed E-state index contributed by atoms with van der Waals surface area (Å²) >= 11 is 0. The molecule has 6 rings (SSSR count). The molecule has 0 heterocycles. The molecule has 2 nitrogen and oxygen atoms in total. The van der Waals surface area contributed by atoms with Gasteiger partial charge in [0.2, 0.25) is 0 Å². The van der Waals surface area contributed by atoms with E-state index in [1.807, 2.05) is 0 Å². The smallest absolute Gasteiger partial charge is 0.0464 e. The van der Waals surface area contributed by atoms with Gasteiger partial charge in [0.15, 0.2) is 0 Å². The Morgan fingerprint density at radius 2 is 0.833 bits per heavy atom. The highest BCUT2D eigenvalue weighted by molar-refractivity contribution is 5.81. The molecule has 0 N–H and O–H groups in total. The van der Waals surface area contributed by atoms with Crippen molar-refractivity contribution in [2.45, 2.75) is 105 Å². The topological polar surface area (TPSA) is 6.48 Å². The molecule has 0 saturated heterocycles. The van der Waals surface area contributed by atoms with Gasteiger partial charge in [0.25, 0.3) is 0 Å². The summed E-state index contributed by atoms with van der Waals surface area (Å²) in [5.41, 5.74) is 15.0. The van der Waals surface area contributed by atoms with Gasteiger partial charge in [-0.2, -0.15) is 0 Å². The van der Waals surface area contributed by atoms with Gasteiger partial charge < -0.3 is 9.80 Å². The molecule has 0 amide bonds. The van der Waals surface area contributed by atoms with E-state index in [2.05, 4.69) is 211 Å². The first kappa shape index (κ1) is 38.6. The Morgan fingerprint density at radius 3 is 1.20 bits per heavy atom. The molecule has 0 aliphatic rings. The first-order valence-electron chi connectivity index (χ1n) is 20.2. The van der Waals surface area contributed by atoms with E-state index in [1.54, 1.807) is 0 Å². The summed E-state index contributed by atoms with van der Waals surface area (Å²) in [7, 11) is 0. The normalized spacial score (nSPS) is 12.7. The van der Waals surface area contributed by atoms with Crippen molar-refractivity contribution in [3.8, 4) is 11.1 Å². The number of anilines is 6. The molecule has 6 aromatic carbocycles. The van der Waals surface area contributed by atoms with Crippen molar-refractivity contribution < 1.29 is 0 Å². The molecule has 0 spiro atoms. The Morgan fingerprint density at radius 1 is 0.426 bits per heavy atom. The zero-order valence-electron chi connectivity index (χ0n) is 34.0. The fraction of sp³-hybridized carbons (Fsp3) is 0.308. The molecule has 0 radical (unpaired) electrons. The summed E-state index contributed by atoms with van der Waals surface area (Å²) in [6.07, 6.45) is 7.19. The third-order valence-corrected chi connectivity index (χ3v) is 11.6. The average molecular weight is 713 g/mol. The van der Waals surface area contributed by atoms with E-state index in [-0.39, 0.29) is 10.8 Å². The molecule has 0 bridgehead atoms. The molecule has 0 aliphatic heterocycles. The Hall–Kier alpha value is -5.08. The largest absolute Gasteiger partial charge is 0.310 e. The number of hydrogen-bond donors (Lipinski definition) is 0. The number of nitrogens with zero attached hydrogens (tertiary/aromatic N) is 2. The van der Waals surface area contributed by atoms with E-state index in [1.165, 1.54) is 88.2 Å². The van der Waals surface area contributed by atoms with Crippen molar-refractivity contribution in [1.82, 2.24) is 0 Å². The first-order valence-corrected chi connectivity index (χ1v) is 20.2. The van der Waals surface area contributed by atoms with Crippen molar-refractivity contribution in [2.24, 2.45) is 0 Å². The number of hydrogen-bond acceptors (Lipinski definition) is 2. The second kappa shape index (κ2) is 16.9. The predicted octanol–water partition coefficient (Wildman–Crippen LogP) is 15.8. The number of rotatable bonds is 15. The molecule has 0 fully saturated rings. The van der Waals surface area contributed by atoms with Crippen LogP contribution in [0.15, 0.2) is 146 Å². The summed E-state index contributed by atoms with van der Waals surface area (Å²) in [4.78, 5) is 4.75. The highest BCUT2D eigenvalue weighted by atomic mass is 15.1. The number of aryl methyl sites for hydroxylation is 2. The van der Waals surface area contributed by atoms with Gasteiger partial charge in [-0.1, -0.05) is 134 Å². The summed E-state index contributed by atoms with van der Waals surface area (Å²) in [5, 5.41) is 0. The molecular weight excluding hydrogens is 653 g/mol. The maximum atomic E-state index is 2.41. The van der Waals surface area contributed by atoms with E-state index in [0.29, 0.717) is 0 Å². The van der Waals surface area contributed by atoms with Gasteiger partial charge in [0, 0.05) is 34.1 Å². The zero-order chi connectivity index (χ0) is 38.3. The SMILES string of the molecule is CCCCC(C)(C)c1ccc(N(c2ccc(-c3ccc(N(c4ccc(C(C)(CC)CCC)cc4)c4cccc(C)c4)cc3)cc2)c2cccc(C)c2)cc1. The monoisotopic (exact) mass is 712 g/mol. The lowest BCUT2D eigenvalue weighted by molar-refractivity contribution is 0.414. The quantitative estimate of drug-likeness (QED) is 0.105. The Labute approximate surface area is 326 Å². The lowest BCUT2D eigenvalue weighted by Crippen LogP contribution is -2.20. The molecule has 54 heavy (non-hydrogen) atoms. The number of unbranched alkanes of at least 4 members (excludes halogenated alkanes) is 1. The standard InChI is InChI=1S/C52H60N2/c1-9-12-36-51(6,7)43-23-31-47(32-24-43)53(49-17-13-15-39(4)37-49)45-27-19-41(20-28-45)42-21-29-46(30-22-42)54(50-18-14-16-40(5)38-50)48-33-25-44(26-34-48)52(8,11-3)35-10-2/h13-34,37-38H,9-12,35-36H2,1-8H3. The zero-order valence-corrected chi connectivity index (χ0v) is 34.0. The summed E-state index contributed by atoms with van der Waals surface area (Å²) in [5.74, 6) is 0. The first-order chi connectivity index (χ1) is 26.0. The molecule has 0 aliphatic carbocycles. The second-order valence-electron chi connectivity index (χ2n) is 16.2. The highest BCUT2D eigenvalue weighted by Crippen LogP contribution is 2.41. The van der Waals surface area contributed by atoms with E-state index in [4.69, 9.17) is 0 Å². The van der Waals surface area contributed by atoms with E-state index in [9.17, 15) is 0 Å². The van der Waals surface area contributed by atoms with Crippen LogP contribution in [-0.4, -0.2) is 0 Å². The Balaban J connectivity index is 1.30. The van der Waals surface area contributed by atoms with Crippen LogP contribution in [0.2, 0.25) is 0 Å². The Kier molecular flexibility index (Phi) is 12.1. The van der Waals surface area contributed by atoms with Gasteiger partial charge in [-0.25, -0.2) is 0 Å². The summed E-state index contributed by atoms with van der Waals surface area (Å²) < 4.78 is 0. The van der Waals surface area contributed by atoms with Crippen molar-refractivity contribution >= 4 is 34.1 Å². The third kappa shape index (κ3) is 8.65. The van der Waals surface area contributed by atoms with Crippen LogP contribution in [0.1, 0.15) is 102 Å². The fourth-order valence-corrected chi connectivity index (χ4v) is 7.95. The number of benzene rings is 6. The highest BCUT2D eigenvalue weighted by Gasteiger charge is 2.24. The van der Waals surface area contributed by atoms with Crippen molar-refractivity contribution in [1.29, 1.82) is 0 Å². The second-order valence-corrected chi connectivity index (χ2v) is 16.2. The fourth-order valence-electron chi connectivity index (χ4n) is 7.95. The van der Waals surface area contributed by atoms with Gasteiger partial charge in [-0.05, 0) is 150 Å². The van der Waals surface area contributed by atoms with Crippen LogP contribution in [0.5, 0.6) is 0 Å². The minimum absolute atomic E-state index is 0.159. The molecule has 1 atom stereocenters. The van der Waals surface area contributed by atoms with Crippen LogP contribution in [0, 0.1) is 13.8 Å². The molecule has 2 heteroatoms. The van der Waals surface area contributed by atoms with Crippen LogP contribution in [0.4, 0.5) is 34.1 Å². The van der Waals surface area contributed by atoms with Crippen LogP contribution in [0.3, 0.4) is 0 Å². The molecule has 0 aromatic heterocycles. The van der Waals surface area contributed by atoms with Gasteiger partial charge in [-0.3, -0.25) is 0 Å². The van der Waals surface area contributed by atoms with Gasteiger partial charge in [0.1, 0.15) is 0 Å². The summed E-state index contributed by atoms with van der Waals surface area (Å²) in [6.45, 7) is 18.3. The van der Waals surface area contributed by atoms with Crippen LogP contribution < -0.4 is 9.80 Å². The summed E-state index contributed by atoms with van der Waals surface area (Å²) in [6, 6.07) is 54.2. The average Bonchev–Trinajstić information content (AvgIpc) is 3.18. The van der Waals surface area contributed by atoms with Crippen LogP contribution in [0.25, 0.3) is 11.1 Å². The Bertz CT molecular complexity index is 2090. The lowest BCUT2D eigenvalue weighted by Gasteiger charge is -2.30. The van der Waals surface area contributed by atoms with Gasteiger partial charge in [0.05, 0.1) is 0 Å². The maximum absolute atomic E-state index is 2.41. The molecule has 6 aromatic rings. The van der Waals surface area contributed by atoms with E-state index >= 15 is 0 Å². The van der Waals surface area contributed by atoms with Crippen molar-refractivity contribution in [2.75, 3.05) is 9.80 Å². The van der Waals surface area contributed by atoms with Gasteiger partial charge >= 0.3 is 0 Å². The van der Waals surface area contributed by atoms with Crippen LogP contribution >= 0.6 is 0 Å². The van der Waals surface area contributed by atoms with E-state index < -0.39 is 0 Å². The van der Waals surface area contributed by atoms with E-state index in [0.717, 1.165) is 17.8 Å². The lowest BCUT2D eigenvalue weighted by atomic mass is 9.76. The minimum Gasteiger partial charge on any atom is -0.310 e. The molecular formula is C52H60N2.